The van der Waals surface area contributed by atoms with Crippen LogP contribution in [0.2, 0.25) is 5.02 Å². The molecular formula is C16H11ClFN5O4S. The normalized spacial score (nSPS) is 11.5. The lowest BCUT2D eigenvalue weighted by Crippen LogP contribution is -2.23. The standard InChI is InChI=1S/C16H11ClFN5O4S/c17-10-1-2-15-21-23(16(25)22(15)8-10)12-6-14(28(20,26)27)9(7-19)5-11(12)13(24)3-4-18/h1-2,5-6,8H,3-4H2,(H2,20,26,27). The largest absolute Gasteiger partial charge is 0.355 e. The van der Waals surface area contributed by atoms with Crippen LogP contribution in [0.5, 0.6) is 0 Å². The maximum atomic E-state index is 12.7. The summed E-state index contributed by atoms with van der Waals surface area (Å²) in [4.78, 5) is 24.5. The molecule has 0 unspecified atom stereocenters. The van der Waals surface area contributed by atoms with Gasteiger partial charge in [-0.05, 0) is 24.3 Å². The quantitative estimate of drug-likeness (QED) is 0.611. The van der Waals surface area contributed by atoms with Gasteiger partial charge in [-0.15, -0.1) is 5.10 Å². The van der Waals surface area contributed by atoms with Crippen LogP contribution >= 0.6 is 11.6 Å². The minimum Gasteiger partial charge on any atom is -0.294 e. The number of ketones is 1. The van der Waals surface area contributed by atoms with Crippen molar-refractivity contribution in [2.45, 2.75) is 11.3 Å². The molecule has 28 heavy (non-hydrogen) atoms. The van der Waals surface area contributed by atoms with Gasteiger partial charge in [0.1, 0.15) is 11.0 Å². The van der Waals surface area contributed by atoms with Crippen LogP contribution in [0.1, 0.15) is 22.3 Å². The van der Waals surface area contributed by atoms with Gasteiger partial charge >= 0.3 is 5.69 Å². The Balaban J connectivity index is 2.42. The van der Waals surface area contributed by atoms with Gasteiger partial charge in [0, 0.05) is 18.2 Å². The van der Waals surface area contributed by atoms with Crippen molar-refractivity contribution in [3.05, 3.63) is 57.1 Å². The molecule has 12 heteroatoms. The van der Waals surface area contributed by atoms with E-state index in [4.69, 9.17) is 16.7 Å². The summed E-state index contributed by atoms with van der Waals surface area (Å²) >= 11 is 5.87. The Labute approximate surface area is 162 Å². The molecule has 3 rings (SSSR count). The molecule has 0 bridgehead atoms. The number of halogens is 2. The van der Waals surface area contributed by atoms with E-state index in [1.165, 1.54) is 18.3 Å². The number of nitrogens with two attached hydrogens (primary N) is 1. The number of fused-ring (bicyclic) bond motifs is 1. The van der Waals surface area contributed by atoms with Gasteiger partial charge in [-0.1, -0.05) is 11.6 Å². The zero-order chi connectivity index (χ0) is 20.6. The van der Waals surface area contributed by atoms with Crippen LogP contribution in [-0.2, 0) is 10.0 Å². The highest BCUT2D eigenvalue weighted by molar-refractivity contribution is 7.89. The number of Topliss-reactive ketones (excluding diaryl/α,β-unsaturated/α-hetero) is 1. The monoisotopic (exact) mass is 423 g/mol. The summed E-state index contributed by atoms with van der Waals surface area (Å²) in [5.41, 5.74) is -1.48. The zero-order valence-electron chi connectivity index (χ0n) is 14.0. The van der Waals surface area contributed by atoms with Crippen LogP contribution in [-0.4, -0.2) is 35.1 Å². The molecule has 0 atom stereocenters. The van der Waals surface area contributed by atoms with Crippen molar-refractivity contribution in [1.82, 2.24) is 14.2 Å². The molecule has 144 valence electrons. The van der Waals surface area contributed by atoms with Crippen molar-refractivity contribution in [2.75, 3.05) is 6.67 Å². The molecule has 0 fully saturated rings. The van der Waals surface area contributed by atoms with Crippen molar-refractivity contribution in [3.8, 4) is 11.8 Å². The van der Waals surface area contributed by atoms with Crippen molar-refractivity contribution in [1.29, 1.82) is 5.26 Å². The molecular weight excluding hydrogens is 413 g/mol. The zero-order valence-corrected chi connectivity index (χ0v) is 15.5. The summed E-state index contributed by atoms with van der Waals surface area (Å²) in [6.07, 6.45) is 0.760. The molecule has 9 nitrogen and oxygen atoms in total. The Morgan fingerprint density at radius 3 is 2.68 bits per heavy atom. The van der Waals surface area contributed by atoms with Gasteiger partial charge in [0.15, 0.2) is 11.4 Å². The molecule has 2 aromatic heterocycles. The first-order chi connectivity index (χ1) is 13.2. The highest BCUT2D eigenvalue weighted by atomic mass is 35.5. The molecule has 2 heterocycles. The fourth-order valence-electron chi connectivity index (χ4n) is 2.62. The van der Waals surface area contributed by atoms with E-state index in [-0.39, 0.29) is 21.9 Å². The maximum absolute atomic E-state index is 12.7. The highest BCUT2D eigenvalue weighted by Gasteiger charge is 2.24. The van der Waals surface area contributed by atoms with Gasteiger partial charge < -0.3 is 0 Å². The topological polar surface area (TPSA) is 140 Å². The van der Waals surface area contributed by atoms with Crippen LogP contribution < -0.4 is 10.8 Å². The second-order valence-corrected chi connectivity index (χ2v) is 7.62. The van der Waals surface area contributed by atoms with E-state index in [9.17, 15) is 27.7 Å². The van der Waals surface area contributed by atoms with Crippen LogP contribution in [0.4, 0.5) is 4.39 Å². The predicted octanol–water partition coefficient (Wildman–Crippen LogP) is 1.20. The van der Waals surface area contributed by atoms with Crippen LogP contribution in [0.3, 0.4) is 0 Å². The first-order valence-electron chi connectivity index (χ1n) is 7.65. The van der Waals surface area contributed by atoms with E-state index in [1.807, 2.05) is 0 Å². The number of aromatic nitrogens is 3. The summed E-state index contributed by atoms with van der Waals surface area (Å²) in [5.74, 6) is -0.739. The third kappa shape index (κ3) is 3.40. The van der Waals surface area contributed by atoms with E-state index < -0.39 is 45.1 Å². The van der Waals surface area contributed by atoms with Crippen molar-refractivity contribution < 1.29 is 17.6 Å². The second-order valence-electron chi connectivity index (χ2n) is 5.65. The number of hydrogen-bond acceptors (Lipinski definition) is 6. The van der Waals surface area contributed by atoms with Gasteiger partial charge in [-0.2, -0.15) is 9.94 Å². The van der Waals surface area contributed by atoms with E-state index in [0.29, 0.717) is 0 Å². The molecule has 1 aromatic carbocycles. The van der Waals surface area contributed by atoms with Crippen LogP contribution in [0.15, 0.2) is 40.2 Å². The smallest absolute Gasteiger partial charge is 0.294 e. The predicted molar refractivity (Wildman–Crippen MR) is 96.8 cm³/mol. The molecule has 0 spiro atoms. The Bertz CT molecular complexity index is 1320. The molecule has 0 aliphatic rings. The number of carbonyl (C=O) groups excluding carboxylic acids is 1. The number of hydrogen-bond donors (Lipinski definition) is 1. The molecule has 0 saturated carbocycles. The SMILES string of the molecule is N#Cc1cc(C(=O)CCF)c(-n2nc3ccc(Cl)cn3c2=O)cc1S(N)(=O)=O. The highest BCUT2D eigenvalue weighted by Crippen LogP contribution is 2.24. The van der Waals surface area contributed by atoms with Crippen LogP contribution in [0.25, 0.3) is 11.3 Å². The summed E-state index contributed by atoms with van der Waals surface area (Å²) in [5, 5.41) is 18.7. The lowest BCUT2D eigenvalue weighted by molar-refractivity contribution is 0.0973. The Hall–Kier alpha value is -3.07. The van der Waals surface area contributed by atoms with Gasteiger partial charge in [0.2, 0.25) is 10.0 Å². The lowest BCUT2D eigenvalue weighted by Gasteiger charge is -2.11. The van der Waals surface area contributed by atoms with Crippen molar-refractivity contribution >= 4 is 33.1 Å². The minimum absolute atomic E-state index is 0.166. The molecule has 3 aromatic rings. The number of rotatable bonds is 5. The Kier molecular flexibility index (Phi) is 5.03. The average molecular weight is 424 g/mol. The number of pyridine rings is 1. The Morgan fingerprint density at radius 2 is 2.07 bits per heavy atom. The van der Waals surface area contributed by atoms with Crippen LogP contribution in [0, 0.1) is 11.3 Å². The molecule has 2 N–H and O–H groups in total. The van der Waals surface area contributed by atoms with Gasteiger partial charge in [-0.25, -0.2) is 22.8 Å². The number of carbonyl (C=O) groups is 1. The number of benzene rings is 1. The third-order valence-electron chi connectivity index (χ3n) is 3.86. The lowest BCUT2D eigenvalue weighted by atomic mass is 10.0. The molecule has 0 aliphatic heterocycles. The van der Waals surface area contributed by atoms with Gasteiger partial charge in [0.05, 0.1) is 22.9 Å². The van der Waals surface area contributed by atoms with E-state index in [1.54, 1.807) is 6.07 Å². The number of nitriles is 1. The fraction of sp³-hybridized carbons (Fsp3) is 0.125. The molecule has 0 aliphatic carbocycles. The number of sulfonamides is 1. The fourth-order valence-corrected chi connectivity index (χ4v) is 3.46. The third-order valence-corrected chi connectivity index (χ3v) is 5.03. The first kappa shape index (κ1) is 19.7. The van der Waals surface area contributed by atoms with E-state index in [2.05, 4.69) is 5.10 Å². The second kappa shape index (κ2) is 7.16. The number of nitrogens with zero attached hydrogens (tertiary/aromatic N) is 4. The minimum atomic E-state index is -4.36. The summed E-state index contributed by atoms with van der Waals surface area (Å²) < 4.78 is 38.3. The van der Waals surface area contributed by atoms with Crippen molar-refractivity contribution in [2.24, 2.45) is 5.14 Å². The van der Waals surface area contributed by atoms with E-state index >= 15 is 0 Å². The van der Waals surface area contributed by atoms with Gasteiger partial charge in [-0.3, -0.25) is 9.18 Å². The number of primary sulfonamides is 1. The van der Waals surface area contributed by atoms with E-state index in [0.717, 1.165) is 21.2 Å². The summed E-state index contributed by atoms with van der Waals surface area (Å²) in [7, 11) is -4.36. The molecule has 0 radical (unpaired) electrons. The van der Waals surface area contributed by atoms with Gasteiger partial charge in [0.25, 0.3) is 0 Å². The maximum Gasteiger partial charge on any atom is 0.355 e. The molecule has 0 saturated heterocycles. The number of alkyl halides is 1. The summed E-state index contributed by atoms with van der Waals surface area (Å²) in [6.45, 7) is -0.979. The van der Waals surface area contributed by atoms with Crippen molar-refractivity contribution in [3.63, 3.8) is 0 Å². The summed E-state index contributed by atoms with van der Waals surface area (Å²) in [6, 6.07) is 6.41. The first-order valence-corrected chi connectivity index (χ1v) is 9.57. The Morgan fingerprint density at radius 1 is 1.36 bits per heavy atom. The molecule has 0 amide bonds. The average Bonchev–Trinajstić information content (AvgIpc) is 2.96.